The number of aromatic nitrogens is 1. The quantitative estimate of drug-likeness (QED) is 0.861. The van der Waals surface area contributed by atoms with Crippen molar-refractivity contribution in [2.75, 3.05) is 5.32 Å². The second kappa shape index (κ2) is 5.29. The molecule has 1 aromatic heterocycles. The molecular formula is C8H12ClN3O2S. The van der Waals surface area contributed by atoms with Gasteiger partial charge in [-0.2, -0.15) is 0 Å². The highest BCUT2D eigenvalue weighted by Crippen LogP contribution is 2.26. The first-order valence-electron chi connectivity index (χ1n) is 4.35. The van der Waals surface area contributed by atoms with E-state index in [4.69, 9.17) is 22.1 Å². The van der Waals surface area contributed by atoms with Crippen LogP contribution in [-0.4, -0.2) is 17.2 Å². The molecular weight excluding hydrogens is 238 g/mol. The van der Waals surface area contributed by atoms with Gasteiger partial charge in [-0.15, -0.1) is 11.3 Å². The number of ether oxygens (including phenoxy) is 1. The van der Waals surface area contributed by atoms with Gasteiger partial charge in [-0.1, -0.05) is 11.6 Å². The van der Waals surface area contributed by atoms with E-state index in [0.29, 0.717) is 10.3 Å². The first-order valence-corrected chi connectivity index (χ1v) is 5.55. The highest BCUT2D eigenvalue weighted by atomic mass is 35.5. The van der Waals surface area contributed by atoms with Gasteiger partial charge in [0.15, 0.2) is 10.3 Å². The van der Waals surface area contributed by atoms with Gasteiger partial charge in [0.1, 0.15) is 0 Å². The van der Waals surface area contributed by atoms with Crippen LogP contribution in [0.3, 0.4) is 0 Å². The normalized spacial score (nSPS) is 10.5. The summed E-state index contributed by atoms with van der Waals surface area (Å²) in [6, 6.07) is 0. The van der Waals surface area contributed by atoms with E-state index in [1.807, 2.05) is 0 Å². The number of anilines is 1. The average Bonchev–Trinajstić information content (AvgIpc) is 2.44. The predicted molar refractivity (Wildman–Crippen MR) is 60.3 cm³/mol. The van der Waals surface area contributed by atoms with E-state index in [-0.39, 0.29) is 12.6 Å². The van der Waals surface area contributed by atoms with E-state index in [9.17, 15) is 4.79 Å². The Hall–Kier alpha value is -0.850. The Kier molecular flexibility index (Phi) is 4.31. The molecule has 0 aliphatic rings. The van der Waals surface area contributed by atoms with Crippen molar-refractivity contribution in [2.24, 2.45) is 5.73 Å². The van der Waals surface area contributed by atoms with Crippen molar-refractivity contribution in [1.29, 1.82) is 0 Å². The first-order chi connectivity index (χ1) is 7.02. The minimum absolute atomic E-state index is 0.180. The lowest BCUT2D eigenvalue weighted by Crippen LogP contribution is -2.19. The molecule has 0 unspecified atom stereocenters. The molecule has 5 nitrogen and oxygen atoms in total. The summed E-state index contributed by atoms with van der Waals surface area (Å²) in [6.07, 6.45) is -0.734. The Morgan fingerprint density at radius 3 is 2.93 bits per heavy atom. The van der Waals surface area contributed by atoms with Crippen LogP contribution in [0.2, 0.25) is 4.47 Å². The Labute approximate surface area is 96.6 Å². The number of hydrogen-bond donors (Lipinski definition) is 2. The van der Waals surface area contributed by atoms with Gasteiger partial charge in [0.05, 0.1) is 11.0 Å². The fourth-order valence-electron chi connectivity index (χ4n) is 0.899. The van der Waals surface area contributed by atoms with Crippen molar-refractivity contribution in [3.05, 3.63) is 9.34 Å². The fourth-order valence-corrected chi connectivity index (χ4v) is 1.88. The molecule has 0 fully saturated rings. The molecule has 1 amide bonds. The number of rotatable bonds is 3. The number of nitrogens with zero attached hydrogens (tertiary/aromatic N) is 1. The highest BCUT2D eigenvalue weighted by Gasteiger charge is 2.13. The van der Waals surface area contributed by atoms with Gasteiger partial charge in [-0.3, -0.25) is 5.32 Å². The topological polar surface area (TPSA) is 77.2 Å². The second-order valence-electron chi connectivity index (χ2n) is 3.02. The summed E-state index contributed by atoms with van der Waals surface area (Å²) in [5, 5.41) is 2.49. The Morgan fingerprint density at radius 2 is 2.40 bits per heavy atom. The van der Waals surface area contributed by atoms with E-state index >= 15 is 0 Å². The number of carbonyl (C=O) groups is 1. The zero-order valence-electron chi connectivity index (χ0n) is 8.41. The number of amides is 1. The maximum atomic E-state index is 11.2. The minimum atomic E-state index is -0.554. The van der Waals surface area contributed by atoms with Gasteiger partial charge < -0.3 is 10.5 Å². The van der Waals surface area contributed by atoms with Crippen LogP contribution in [0.5, 0.6) is 0 Å². The zero-order valence-corrected chi connectivity index (χ0v) is 9.98. The number of halogens is 1. The van der Waals surface area contributed by atoms with Crippen LogP contribution in [0.1, 0.15) is 18.7 Å². The number of carbonyl (C=O) groups excluding carboxylic acids is 1. The maximum Gasteiger partial charge on any atom is 0.413 e. The van der Waals surface area contributed by atoms with Crippen LogP contribution in [0, 0.1) is 0 Å². The van der Waals surface area contributed by atoms with Gasteiger partial charge in [0.2, 0.25) is 0 Å². The summed E-state index contributed by atoms with van der Waals surface area (Å²) in [4.78, 5) is 15.9. The molecule has 0 atom stereocenters. The van der Waals surface area contributed by atoms with Crippen molar-refractivity contribution in [3.63, 3.8) is 0 Å². The molecule has 0 saturated carbocycles. The molecule has 3 N–H and O–H groups in total. The van der Waals surface area contributed by atoms with Crippen LogP contribution in [0.15, 0.2) is 0 Å². The summed E-state index contributed by atoms with van der Waals surface area (Å²) >= 11 is 6.93. The molecule has 15 heavy (non-hydrogen) atoms. The van der Waals surface area contributed by atoms with Crippen molar-refractivity contribution in [3.8, 4) is 0 Å². The van der Waals surface area contributed by atoms with E-state index < -0.39 is 6.09 Å². The summed E-state index contributed by atoms with van der Waals surface area (Å²) in [6.45, 7) is 3.80. The van der Waals surface area contributed by atoms with E-state index in [2.05, 4.69) is 10.3 Å². The van der Waals surface area contributed by atoms with Crippen molar-refractivity contribution < 1.29 is 9.53 Å². The third kappa shape index (κ3) is 3.65. The summed E-state index contributed by atoms with van der Waals surface area (Å²) < 4.78 is 5.24. The molecule has 1 aromatic rings. The number of hydrogen-bond acceptors (Lipinski definition) is 5. The second-order valence-corrected chi connectivity index (χ2v) is 4.69. The molecule has 0 radical (unpaired) electrons. The van der Waals surface area contributed by atoms with E-state index in [1.54, 1.807) is 13.8 Å². The third-order valence-electron chi connectivity index (χ3n) is 1.42. The SMILES string of the molecule is CC(C)OC(=O)Nc1nc(Cl)sc1CN. The monoisotopic (exact) mass is 249 g/mol. The smallest absolute Gasteiger partial charge is 0.413 e. The summed E-state index contributed by atoms with van der Waals surface area (Å²) in [5.74, 6) is 0.373. The van der Waals surface area contributed by atoms with Crippen molar-refractivity contribution in [2.45, 2.75) is 26.5 Å². The minimum Gasteiger partial charge on any atom is -0.447 e. The number of nitrogens with two attached hydrogens (primary N) is 1. The van der Waals surface area contributed by atoms with Crippen LogP contribution < -0.4 is 11.1 Å². The van der Waals surface area contributed by atoms with Crippen LogP contribution in [-0.2, 0) is 11.3 Å². The average molecular weight is 250 g/mol. The molecule has 0 spiro atoms. The highest BCUT2D eigenvalue weighted by molar-refractivity contribution is 7.16. The molecule has 0 aliphatic carbocycles. The van der Waals surface area contributed by atoms with Gasteiger partial charge in [-0.05, 0) is 13.8 Å². The lowest BCUT2D eigenvalue weighted by molar-refractivity contribution is 0.130. The van der Waals surface area contributed by atoms with Crippen LogP contribution >= 0.6 is 22.9 Å². The van der Waals surface area contributed by atoms with Crippen molar-refractivity contribution >= 4 is 34.8 Å². The standard InChI is InChI=1S/C8H12ClN3O2S/c1-4(2)14-8(13)12-6-5(3-10)15-7(9)11-6/h4H,3,10H2,1-2H3,(H,12,13). The van der Waals surface area contributed by atoms with Crippen LogP contribution in [0.25, 0.3) is 0 Å². The molecule has 0 aliphatic heterocycles. The lowest BCUT2D eigenvalue weighted by atomic mass is 10.5. The Morgan fingerprint density at radius 1 is 1.73 bits per heavy atom. The Bertz CT molecular complexity index is 354. The molecule has 0 bridgehead atoms. The number of nitrogens with one attached hydrogen (secondary N) is 1. The maximum absolute atomic E-state index is 11.2. The fraction of sp³-hybridized carbons (Fsp3) is 0.500. The molecule has 1 rings (SSSR count). The largest absolute Gasteiger partial charge is 0.447 e. The zero-order chi connectivity index (χ0) is 11.4. The van der Waals surface area contributed by atoms with Gasteiger partial charge in [-0.25, -0.2) is 9.78 Å². The summed E-state index contributed by atoms with van der Waals surface area (Å²) in [5.41, 5.74) is 5.46. The van der Waals surface area contributed by atoms with Gasteiger partial charge in [0.25, 0.3) is 0 Å². The third-order valence-corrected chi connectivity index (χ3v) is 2.60. The van der Waals surface area contributed by atoms with Gasteiger partial charge in [0, 0.05) is 6.54 Å². The summed E-state index contributed by atoms with van der Waals surface area (Å²) in [7, 11) is 0. The molecule has 7 heteroatoms. The molecule has 1 heterocycles. The van der Waals surface area contributed by atoms with Crippen LogP contribution in [0.4, 0.5) is 10.6 Å². The molecule has 0 aromatic carbocycles. The lowest BCUT2D eigenvalue weighted by Gasteiger charge is -2.08. The van der Waals surface area contributed by atoms with E-state index in [1.165, 1.54) is 11.3 Å². The number of thiazole rings is 1. The first kappa shape index (κ1) is 12.2. The predicted octanol–water partition coefficient (Wildman–Crippen LogP) is 2.21. The Balaban J connectivity index is 2.67. The van der Waals surface area contributed by atoms with Crippen molar-refractivity contribution in [1.82, 2.24) is 4.98 Å². The van der Waals surface area contributed by atoms with E-state index in [0.717, 1.165) is 4.88 Å². The van der Waals surface area contributed by atoms with Gasteiger partial charge >= 0.3 is 6.09 Å². The molecule has 0 saturated heterocycles. The molecule has 84 valence electrons.